The molecule has 0 bridgehead atoms. The fourth-order valence-electron chi connectivity index (χ4n) is 2.30. The summed E-state index contributed by atoms with van der Waals surface area (Å²) in [7, 11) is 0. The summed E-state index contributed by atoms with van der Waals surface area (Å²) in [6, 6.07) is 0. The Bertz CT molecular complexity index is 220. The van der Waals surface area contributed by atoms with Crippen molar-refractivity contribution in [3.05, 3.63) is 0 Å². The largest absolute Gasteiger partial charge is 2.00 e. The third-order valence-electron chi connectivity index (χ3n) is 3.62. The van der Waals surface area contributed by atoms with Crippen LogP contribution in [0.3, 0.4) is 0 Å². The van der Waals surface area contributed by atoms with Gasteiger partial charge in [0.1, 0.15) is 0 Å². The van der Waals surface area contributed by atoms with Gasteiger partial charge in [0.15, 0.2) is 6.10 Å². The van der Waals surface area contributed by atoms with Gasteiger partial charge in [0.25, 0.3) is 0 Å². The van der Waals surface area contributed by atoms with Gasteiger partial charge in [-0.15, -0.1) is 0 Å². The van der Waals surface area contributed by atoms with Gasteiger partial charge in [0, 0.05) is 0 Å². The minimum atomic E-state index is -1.16. The van der Waals surface area contributed by atoms with Crippen molar-refractivity contribution in [2.45, 2.75) is 96.5 Å². The zero-order chi connectivity index (χ0) is 14.3. The molecule has 0 aliphatic heterocycles. The average Bonchev–Trinajstić information content (AvgIpc) is 2.39. The van der Waals surface area contributed by atoms with Crippen LogP contribution in [0.15, 0.2) is 0 Å². The number of aliphatic carboxylic acids is 1. The van der Waals surface area contributed by atoms with E-state index in [0.29, 0.717) is 6.42 Å². The van der Waals surface area contributed by atoms with Crippen molar-refractivity contribution in [2.75, 3.05) is 0 Å². The van der Waals surface area contributed by atoms with E-state index in [1.165, 1.54) is 64.2 Å². The molecule has 0 aromatic carbocycles. The monoisotopic (exact) mass is 298 g/mol. The summed E-state index contributed by atoms with van der Waals surface area (Å²) in [5, 5.41) is 17.6. The van der Waals surface area contributed by atoms with E-state index in [2.05, 4.69) is 6.92 Å². The Morgan fingerprint density at radius 3 is 1.55 bits per heavy atom. The van der Waals surface area contributed by atoms with Crippen LogP contribution in [0.4, 0.5) is 0 Å². The number of hydrogen-bond donors (Lipinski definition) is 2. The number of carboxylic acids is 1. The normalized spacial score (nSPS) is 11.9. The predicted molar refractivity (Wildman–Crippen MR) is 87.3 cm³/mol. The molecule has 0 amide bonds. The second kappa shape index (κ2) is 17.2. The SMILES string of the molecule is CCCCCCCCCCCCCCC(O)C(=O)O.[H-].[H-].[Mg+2]. The first-order valence-electron chi connectivity index (χ1n) is 8.09. The van der Waals surface area contributed by atoms with Crippen molar-refractivity contribution in [1.29, 1.82) is 0 Å². The van der Waals surface area contributed by atoms with Crippen molar-refractivity contribution in [3.8, 4) is 0 Å². The zero-order valence-electron chi connectivity index (χ0n) is 15.3. The minimum Gasteiger partial charge on any atom is -1.00 e. The van der Waals surface area contributed by atoms with Crippen molar-refractivity contribution >= 4 is 29.0 Å². The van der Waals surface area contributed by atoms with Gasteiger partial charge in [0.2, 0.25) is 0 Å². The van der Waals surface area contributed by atoms with Crippen LogP contribution in [0.5, 0.6) is 0 Å². The third kappa shape index (κ3) is 16.3. The molecule has 118 valence electrons. The maximum atomic E-state index is 10.4. The Labute approximate surface area is 143 Å². The van der Waals surface area contributed by atoms with Crippen LogP contribution >= 0.6 is 0 Å². The summed E-state index contributed by atoms with van der Waals surface area (Å²) >= 11 is 0. The van der Waals surface area contributed by atoms with Crippen molar-refractivity contribution < 1.29 is 17.9 Å². The molecule has 1 unspecified atom stereocenters. The number of aliphatic hydroxyl groups is 1. The van der Waals surface area contributed by atoms with Gasteiger partial charge < -0.3 is 13.1 Å². The standard InChI is InChI=1S/C16H32O3.Mg.2H/c1-2-3-4-5-6-7-8-9-10-11-12-13-14-15(17)16(18)19;;;/h15,17H,2-14H2,1H3,(H,18,19);;;/q;+2;2*-1. The molecule has 0 fully saturated rings. The average molecular weight is 299 g/mol. The quantitative estimate of drug-likeness (QED) is 0.370. The number of aliphatic hydroxyl groups excluding tert-OH is 1. The van der Waals surface area contributed by atoms with Crippen LogP contribution in [-0.2, 0) is 4.79 Å². The molecule has 0 saturated heterocycles. The molecule has 4 heteroatoms. The third-order valence-corrected chi connectivity index (χ3v) is 3.62. The topological polar surface area (TPSA) is 57.5 Å². The van der Waals surface area contributed by atoms with Crippen LogP contribution in [0, 0.1) is 0 Å². The van der Waals surface area contributed by atoms with Gasteiger partial charge in [-0.3, -0.25) is 0 Å². The number of carbonyl (C=O) groups is 1. The fourth-order valence-corrected chi connectivity index (χ4v) is 2.30. The van der Waals surface area contributed by atoms with Gasteiger partial charge in [-0.2, -0.15) is 0 Å². The molecule has 2 N–H and O–H groups in total. The summed E-state index contributed by atoms with van der Waals surface area (Å²) in [5.41, 5.74) is 0. The van der Waals surface area contributed by atoms with E-state index in [1.807, 2.05) is 0 Å². The maximum Gasteiger partial charge on any atom is 2.00 e. The molecular formula is C16H34MgO3. The van der Waals surface area contributed by atoms with Crippen molar-refractivity contribution in [2.24, 2.45) is 0 Å². The van der Waals surface area contributed by atoms with Gasteiger partial charge >= 0.3 is 29.0 Å². The molecule has 0 saturated carbocycles. The number of carboxylic acid groups (broad SMARTS) is 1. The number of rotatable bonds is 14. The van der Waals surface area contributed by atoms with E-state index in [9.17, 15) is 4.79 Å². The van der Waals surface area contributed by atoms with E-state index < -0.39 is 12.1 Å². The molecule has 0 aliphatic rings. The van der Waals surface area contributed by atoms with Crippen LogP contribution in [0.25, 0.3) is 0 Å². The molecule has 20 heavy (non-hydrogen) atoms. The second-order valence-electron chi connectivity index (χ2n) is 5.53. The Morgan fingerprint density at radius 1 is 0.850 bits per heavy atom. The molecule has 0 radical (unpaired) electrons. The number of unbranched alkanes of at least 4 members (excludes halogenated alkanes) is 11. The summed E-state index contributed by atoms with van der Waals surface area (Å²) in [6.45, 7) is 2.25. The first-order valence-corrected chi connectivity index (χ1v) is 8.09. The van der Waals surface area contributed by atoms with Crippen LogP contribution in [0.2, 0.25) is 0 Å². The Balaban J connectivity index is -0.000000540. The fraction of sp³-hybridized carbons (Fsp3) is 0.938. The van der Waals surface area contributed by atoms with E-state index in [-0.39, 0.29) is 25.9 Å². The molecular weight excluding hydrogens is 264 g/mol. The van der Waals surface area contributed by atoms with Crippen LogP contribution in [-0.4, -0.2) is 45.3 Å². The second-order valence-corrected chi connectivity index (χ2v) is 5.53. The number of hydrogen-bond acceptors (Lipinski definition) is 2. The molecule has 0 aromatic rings. The van der Waals surface area contributed by atoms with E-state index >= 15 is 0 Å². The first-order chi connectivity index (χ1) is 9.18. The first kappa shape index (κ1) is 22.5. The smallest absolute Gasteiger partial charge is 1.00 e. The van der Waals surface area contributed by atoms with Gasteiger partial charge in [-0.05, 0) is 6.42 Å². The van der Waals surface area contributed by atoms with E-state index in [1.54, 1.807) is 0 Å². The zero-order valence-corrected chi connectivity index (χ0v) is 14.7. The van der Waals surface area contributed by atoms with Gasteiger partial charge in [-0.1, -0.05) is 84.0 Å². The van der Waals surface area contributed by atoms with Crippen LogP contribution < -0.4 is 0 Å². The van der Waals surface area contributed by atoms with Crippen molar-refractivity contribution in [1.82, 2.24) is 0 Å². The molecule has 0 spiro atoms. The van der Waals surface area contributed by atoms with Crippen molar-refractivity contribution in [3.63, 3.8) is 0 Å². The molecule has 3 nitrogen and oxygen atoms in total. The van der Waals surface area contributed by atoms with E-state index in [0.717, 1.165) is 12.8 Å². The minimum absolute atomic E-state index is 0. The molecule has 1 atom stereocenters. The summed E-state index contributed by atoms with van der Waals surface area (Å²) < 4.78 is 0. The summed E-state index contributed by atoms with van der Waals surface area (Å²) in [6.07, 6.45) is 14.4. The van der Waals surface area contributed by atoms with E-state index in [4.69, 9.17) is 10.2 Å². The predicted octanol–water partition coefficient (Wildman–Crippen LogP) is 4.37. The van der Waals surface area contributed by atoms with Gasteiger partial charge in [0.05, 0.1) is 0 Å². The van der Waals surface area contributed by atoms with Gasteiger partial charge in [-0.25, -0.2) is 4.79 Å². The molecule has 0 rings (SSSR count). The Hall–Kier alpha value is 0.196. The molecule has 0 heterocycles. The molecule has 0 aromatic heterocycles. The maximum absolute atomic E-state index is 10.4. The summed E-state index contributed by atoms with van der Waals surface area (Å²) in [4.78, 5) is 10.4. The Kier molecular flexibility index (Phi) is 19.4. The Morgan fingerprint density at radius 2 is 1.20 bits per heavy atom. The van der Waals surface area contributed by atoms with Crippen LogP contribution in [0.1, 0.15) is 93.2 Å². The summed E-state index contributed by atoms with van der Waals surface area (Å²) in [5.74, 6) is -1.09. The molecule has 0 aliphatic carbocycles.